The fraction of sp³-hybridized carbons (Fsp3) is 0.167. The number of nitrogens with zero attached hydrogens (tertiary/aromatic N) is 1. The molecule has 0 bridgehead atoms. The average molecular weight is 324 g/mol. The molecular weight excluding hydrogens is 308 g/mol. The third-order valence-corrected chi connectivity index (χ3v) is 3.23. The van der Waals surface area contributed by atoms with Crippen molar-refractivity contribution >= 4 is 11.9 Å². The molecule has 0 aliphatic rings. The first kappa shape index (κ1) is 17.0. The lowest BCUT2D eigenvalue weighted by Gasteiger charge is -2.09. The van der Waals surface area contributed by atoms with E-state index in [1.165, 1.54) is 7.11 Å². The van der Waals surface area contributed by atoms with Gasteiger partial charge in [-0.25, -0.2) is 4.79 Å². The number of esters is 1. The van der Waals surface area contributed by atoms with Crippen molar-refractivity contribution in [3.63, 3.8) is 0 Å². The first-order valence-corrected chi connectivity index (χ1v) is 7.20. The lowest BCUT2D eigenvalue weighted by atomic mass is 10.1. The summed E-state index contributed by atoms with van der Waals surface area (Å²) in [6, 6.07) is 15.5. The molecule has 0 saturated carbocycles. The highest BCUT2D eigenvalue weighted by atomic mass is 16.5. The van der Waals surface area contributed by atoms with Gasteiger partial charge in [-0.15, -0.1) is 0 Å². The Bertz CT molecular complexity index is 763. The maximum absolute atomic E-state index is 11.8. The number of carbonyl (C=O) groups is 2. The first-order chi connectivity index (χ1) is 11.6. The Kier molecular flexibility index (Phi) is 5.92. The topological polar surface area (TPSA) is 88.4 Å². The predicted molar refractivity (Wildman–Crippen MR) is 86.3 cm³/mol. The standard InChI is InChI=1S/C18H16N2O4/c1-23-18(22)14-8-6-13(7-9-14)11-20-17(21)12-24-16-5-3-2-4-15(16)10-19/h2-9H,11-12H2,1H3,(H,20,21). The zero-order chi connectivity index (χ0) is 17.4. The fourth-order valence-electron chi connectivity index (χ4n) is 1.96. The highest BCUT2D eigenvalue weighted by molar-refractivity contribution is 5.89. The van der Waals surface area contributed by atoms with Crippen molar-refractivity contribution in [3.05, 3.63) is 65.2 Å². The van der Waals surface area contributed by atoms with E-state index >= 15 is 0 Å². The Hall–Kier alpha value is -3.33. The van der Waals surface area contributed by atoms with Gasteiger partial charge in [0.05, 0.1) is 18.2 Å². The largest absolute Gasteiger partial charge is 0.482 e. The van der Waals surface area contributed by atoms with Gasteiger partial charge in [-0.05, 0) is 29.8 Å². The van der Waals surface area contributed by atoms with E-state index < -0.39 is 5.97 Å². The molecule has 0 aliphatic carbocycles. The van der Waals surface area contributed by atoms with Crippen molar-refractivity contribution in [3.8, 4) is 11.8 Å². The van der Waals surface area contributed by atoms with Crippen LogP contribution in [0.4, 0.5) is 0 Å². The lowest BCUT2D eigenvalue weighted by Crippen LogP contribution is -2.28. The van der Waals surface area contributed by atoms with Crippen LogP contribution < -0.4 is 10.1 Å². The molecule has 2 aromatic carbocycles. The number of nitriles is 1. The second-order valence-corrected chi connectivity index (χ2v) is 4.86. The SMILES string of the molecule is COC(=O)c1ccc(CNC(=O)COc2ccccc2C#N)cc1. The van der Waals surface area contributed by atoms with Gasteiger partial charge >= 0.3 is 5.97 Å². The Morgan fingerprint density at radius 2 is 1.83 bits per heavy atom. The zero-order valence-electron chi connectivity index (χ0n) is 13.1. The van der Waals surface area contributed by atoms with Crippen LogP contribution >= 0.6 is 0 Å². The smallest absolute Gasteiger partial charge is 0.337 e. The number of hydrogen-bond acceptors (Lipinski definition) is 5. The molecule has 6 nitrogen and oxygen atoms in total. The van der Waals surface area contributed by atoms with Gasteiger partial charge in [0.2, 0.25) is 0 Å². The number of nitrogens with one attached hydrogen (secondary N) is 1. The minimum atomic E-state index is -0.407. The number of hydrogen-bond donors (Lipinski definition) is 1. The Balaban J connectivity index is 1.83. The lowest BCUT2D eigenvalue weighted by molar-refractivity contribution is -0.123. The fourth-order valence-corrected chi connectivity index (χ4v) is 1.96. The maximum Gasteiger partial charge on any atom is 0.337 e. The molecule has 2 rings (SSSR count). The number of amides is 1. The number of para-hydroxylation sites is 1. The minimum Gasteiger partial charge on any atom is -0.482 e. The van der Waals surface area contributed by atoms with Crippen LogP contribution in [-0.4, -0.2) is 25.6 Å². The molecule has 24 heavy (non-hydrogen) atoms. The zero-order valence-corrected chi connectivity index (χ0v) is 13.1. The van der Waals surface area contributed by atoms with Gasteiger partial charge in [-0.3, -0.25) is 4.79 Å². The number of methoxy groups -OCH3 is 1. The summed E-state index contributed by atoms with van der Waals surface area (Å²) in [5, 5.41) is 11.7. The van der Waals surface area contributed by atoms with Crippen LogP contribution in [0.2, 0.25) is 0 Å². The molecule has 0 atom stereocenters. The van der Waals surface area contributed by atoms with E-state index in [2.05, 4.69) is 10.1 Å². The molecule has 0 spiro atoms. The van der Waals surface area contributed by atoms with E-state index in [0.29, 0.717) is 23.4 Å². The summed E-state index contributed by atoms with van der Waals surface area (Å²) in [7, 11) is 1.32. The Morgan fingerprint density at radius 1 is 1.12 bits per heavy atom. The highest BCUT2D eigenvalue weighted by Gasteiger charge is 2.07. The van der Waals surface area contributed by atoms with Gasteiger partial charge in [0.15, 0.2) is 6.61 Å². The monoisotopic (exact) mass is 324 g/mol. The van der Waals surface area contributed by atoms with E-state index in [4.69, 9.17) is 10.00 Å². The molecular formula is C18H16N2O4. The molecule has 6 heteroatoms. The van der Waals surface area contributed by atoms with Crippen molar-refractivity contribution in [2.75, 3.05) is 13.7 Å². The van der Waals surface area contributed by atoms with E-state index in [-0.39, 0.29) is 12.5 Å². The Morgan fingerprint density at radius 3 is 2.50 bits per heavy atom. The van der Waals surface area contributed by atoms with Crippen LogP contribution in [0, 0.1) is 11.3 Å². The third kappa shape index (κ3) is 4.58. The molecule has 0 aromatic heterocycles. The number of carbonyl (C=O) groups excluding carboxylic acids is 2. The van der Waals surface area contributed by atoms with Crippen molar-refractivity contribution in [1.29, 1.82) is 5.26 Å². The second kappa shape index (κ2) is 8.34. The molecule has 0 heterocycles. The molecule has 0 aliphatic heterocycles. The summed E-state index contributed by atoms with van der Waals surface area (Å²) in [5.74, 6) is -0.340. The van der Waals surface area contributed by atoms with Crippen molar-refractivity contribution in [2.24, 2.45) is 0 Å². The van der Waals surface area contributed by atoms with Crippen molar-refractivity contribution < 1.29 is 19.1 Å². The van der Waals surface area contributed by atoms with Crippen LogP contribution in [0.15, 0.2) is 48.5 Å². The number of rotatable bonds is 6. The quantitative estimate of drug-likeness (QED) is 0.822. The Labute approximate surface area is 139 Å². The highest BCUT2D eigenvalue weighted by Crippen LogP contribution is 2.16. The van der Waals surface area contributed by atoms with Crippen LogP contribution in [0.1, 0.15) is 21.5 Å². The first-order valence-electron chi connectivity index (χ1n) is 7.20. The molecule has 2 aromatic rings. The molecule has 1 amide bonds. The molecule has 0 saturated heterocycles. The van der Waals surface area contributed by atoms with E-state index in [9.17, 15) is 9.59 Å². The normalized spacial score (nSPS) is 9.67. The number of benzene rings is 2. The summed E-state index contributed by atoms with van der Waals surface area (Å²) in [5.41, 5.74) is 1.67. The van der Waals surface area contributed by atoms with E-state index in [1.807, 2.05) is 6.07 Å². The van der Waals surface area contributed by atoms with Crippen LogP contribution in [0.25, 0.3) is 0 Å². The van der Waals surface area contributed by atoms with Crippen LogP contribution in [0.5, 0.6) is 5.75 Å². The third-order valence-electron chi connectivity index (χ3n) is 3.23. The summed E-state index contributed by atoms with van der Waals surface area (Å²) in [6.07, 6.45) is 0. The van der Waals surface area contributed by atoms with E-state index in [0.717, 1.165) is 5.56 Å². The van der Waals surface area contributed by atoms with Crippen molar-refractivity contribution in [1.82, 2.24) is 5.32 Å². The molecule has 0 radical (unpaired) electrons. The number of ether oxygens (including phenoxy) is 2. The molecule has 0 fully saturated rings. The second-order valence-electron chi connectivity index (χ2n) is 4.86. The van der Waals surface area contributed by atoms with Gasteiger partial charge < -0.3 is 14.8 Å². The summed E-state index contributed by atoms with van der Waals surface area (Å²) in [4.78, 5) is 23.1. The molecule has 0 unspecified atom stereocenters. The maximum atomic E-state index is 11.8. The summed E-state index contributed by atoms with van der Waals surface area (Å²) in [6.45, 7) is 0.127. The van der Waals surface area contributed by atoms with Gasteiger partial charge in [-0.1, -0.05) is 24.3 Å². The van der Waals surface area contributed by atoms with E-state index in [1.54, 1.807) is 48.5 Å². The molecule has 122 valence electrons. The minimum absolute atomic E-state index is 0.182. The van der Waals surface area contributed by atoms with Crippen LogP contribution in [-0.2, 0) is 16.1 Å². The average Bonchev–Trinajstić information content (AvgIpc) is 2.64. The van der Waals surface area contributed by atoms with Crippen molar-refractivity contribution in [2.45, 2.75) is 6.54 Å². The van der Waals surface area contributed by atoms with Gasteiger partial charge in [0.1, 0.15) is 11.8 Å². The van der Waals surface area contributed by atoms with Gasteiger partial charge in [0, 0.05) is 6.54 Å². The van der Waals surface area contributed by atoms with Crippen LogP contribution in [0.3, 0.4) is 0 Å². The predicted octanol–water partition coefficient (Wildman–Crippen LogP) is 2.04. The molecule has 1 N–H and O–H groups in total. The van der Waals surface area contributed by atoms with Gasteiger partial charge in [-0.2, -0.15) is 5.26 Å². The summed E-state index contributed by atoms with van der Waals surface area (Å²) < 4.78 is 9.97. The summed E-state index contributed by atoms with van der Waals surface area (Å²) >= 11 is 0. The van der Waals surface area contributed by atoms with Gasteiger partial charge in [0.25, 0.3) is 5.91 Å².